The number of ether oxygens (including phenoxy) is 1. The number of hydrogen-bond acceptors (Lipinski definition) is 6. The average molecular weight is 373 g/mol. The predicted molar refractivity (Wildman–Crippen MR) is 95.8 cm³/mol. The predicted octanol–water partition coefficient (Wildman–Crippen LogP) is 2.48. The van der Waals surface area contributed by atoms with E-state index in [-0.39, 0.29) is 24.4 Å². The number of amides is 1. The fourth-order valence-corrected chi connectivity index (χ4v) is 3.69. The number of rotatable bonds is 5. The van der Waals surface area contributed by atoms with Crippen LogP contribution in [0.3, 0.4) is 0 Å². The largest absolute Gasteiger partial charge is 0.368 e. The molecule has 7 nitrogen and oxygen atoms in total. The Bertz CT molecular complexity index is 554. The third-order valence-electron chi connectivity index (χ3n) is 5.36. The summed E-state index contributed by atoms with van der Waals surface area (Å²) in [6.07, 6.45) is 7.33. The highest BCUT2D eigenvalue weighted by atomic mass is 35.5. The van der Waals surface area contributed by atoms with Gasteiger partial charge in [-0.3, -0.25) is 4.79 Å². The molecule has 2 N–H and O–H groups in total. The molecule has 0 spiro atoms. The van der Waals surface area contributed by atoms with Crippen LogP contribution in [0.25, 0.3) is 0 Å². The number of halogens is 1. The van der Waals surface area contributed by atoms with Crippen LogP contribution >= 0.6 is 12.4 Å². The molecular weight excluding hydrogens is 344 g/mol. The first-order valence-corrected chi connectivity index (χ1v) is 9.05. The fourth-order valence-electron chi connectivity index (χ4n) is 3.69. The van der Waals surface area contributed by atoms with Gasteiger partial charge in [0.2, 0.25) is 5.89 Å². The van der Waals surface area contributed by atoms with Gasteiger partial charge in [-0.2, -0.15) is 4.98 Å². The Morgan fingerprint density at radius 2 is 2.00 bits per heavy atom. The zero-order valence-corrected chi connectivity index (χ0v) is 15.9. The highest BCUT2D eigenvalue weighted by molar-refractivity contribution is 5.86. The van der Waals surface area contributed by atoms with E-state index in [2.05, 4.69) is 20.8 Å². The molecule has 1 saturated heterocycles. The molecule has 3 rings (SSSR count). The van der Waals surface area contributed by atoms with Crippen LogP contribution in [0.2, 0.25) is 0 Å². The van der Waals surface area contributed by atoms with Crippen LogP contribution in [-0.4, -0.2) is 41.8 Å². The zero-order chi connectivity index (χ0) is 17.0. The van der Waals surface area contributed by atoms with Crippen LogP contribution in [0.1, 0.15) is 75.5 Å². The van der Waals surface area contributed by atoms with E-state index < -0.39 is 5.60 Å². The van der Waals surface area contributed by atoms with Crippen LogP contribution < -0.4 is 10.6 Å². The molecule has 8 heteroatoms. The van der Waals surface area contributed by atoms with Crippen LogP contribution in [0.4, 0.5) is 0 Å². The quantitative estimate of drug-likeness (QED) is 0.825. The lowest BCUT2D eigenvalue weighted by Gasteiger charge is -2.35. The van der Waals surface area contributed by atoms with Crippen molar-refractivity contribution in [1.29, 1.82) is 0 Å². The molecule has 1 aromatic rings. The third-order valence-corrected chi connectivity index (χ3v) is 5.36. The topological polar surface area (TPSA) is 89.3 Å². The van der Waals surface area contributed by atoms with Crippen molar-refractivity contribution >= 4 is 18.3 Å². The lowest BCUT2D eigenvalue weighted by atomic mass is 9.89. The maximum absolute atomic E-state index is 12.7. The highest BCUT2D eigenvalue weighted by Crippen LogP contribution is 2.31. The van der Waals surface area contributed by atoms with Gasteiger partial charge >= 0.3 is 0 Å². The van der Waals surface area contributed by atoms with Crippen LogP contribution in [0.5, 0.6) is 0 Å². The van der Waals surface area contributed by atoms with E-state index in [1.807, 2.05) is 6.92 Å². The van der Waals surface area contributed by atoms with Crippen molar-refractivity contribution in [2.45, 2.75) is 69.4 Å². The van der Waals surface area contributed by atoms with Crippen molar-refractivity contribution in [3.05, 3.63) is 11.7 Å². The molecule has 25 heavy (non-hydrogen) atoms. The molecular formula is C17H29ClN4O3. The summed E-state index contributed by atoms with van der Waals surface area (Å²) in [6.45, 7) is 3.44. The maximum atomic E-state index is 12.7. The van der Waals surface area contributed by atoms with E-state index in [9.17, 15) is 4.79 Å². The van der Waals surface area contributed by atoms with Gasteiger partial charge in [0.15, 0.2) is 5.82 Å². The highest BCUT2D eigenvalue weighted by Gasteiger charge is 2.40. The van der Waals surface area contributed by atoms with E-state index >= 15 is 0 Å². The summed E-state index contributed by atoms with van der Waals surface area (Å²) < 4.78 is 11.0. The van der Waals surface area contributed by atoms with Gasteiger partial charge in [-0.15, -0.1) is 12.4 Å². The van der Waals surface area contributed by atoms with Gasteiger partial charge in [-0.1, -0.05) is 24.4 Å². The summed E-state index contributed by atoms with van der Waals surface area (Å²) in [6, 6.07) is -0.316. The Hall–Kier alpha value is -1.18. The van der Waals surface area contributed by atoms with E-state index in [0.29, 0.717) is 24.7 Å². The third kappa shape index (κ3) is 4.51. The zero-order valence-electron chi connectivity index (χ0n) is 15.0. The smallest absolute Gasteiger partial charge is 0.252 e. The van der Waals surface area contributed by atoms with E-state index in [0.717, 1.165) is 31.8 Å². The normalized spacial score (nSPS) is 22.0. The lowest BCUT2D eigenvalue weighted by molar-refractivity contribution is -0.147. The average Bonchev–Trinajstić information content (AvgIpc) is 3.13. The fraction of sp³-hybridized carbons (Fsp3) is 0.824. The SMILES string of the molecule is COC1(C(=O)NC(C)c2nc(C3CCCCC3)no2)CCNCC1.Cl. The first kappa shape index (κ1) is 20.1. The summed E-state index contributed by atoms with van der Waals surface area (Å²) in [5.74, 6) is 1.56. The summed E-state index contributed by atoms with van der Waals surface area (Å²) in [5, 5.41) is 10.4. The second-order valence-corrected chi connectivity index (χ2v) is 6.97. The van der Waals surface area contributed by atoms with Gasteiger partial charge in [-0.05, 0) is 45.7 Å². The van der Waals surface area contributed by atoms with Crippen molar-refractivity contribution in [3.8, 4) is 0 Å². The Labute approximate surface area is 155 Å². The van der Waals surface area contributed by atoms with Gasteiger partial charge in [0, 0.05) is 13.0 Å². The van der Waals surface area contributed by atoms with Crippen molar-refractivity contribution in [1.82, 2.24) is 20.8 Å². The Kier molecular flexibility index (Phi) is 7.22. The van der Waals surface area contributed by atoms with Gasteiger partial charge < -0.3 is 19.9 Å². The van der Waals surface area contributed by atoms with E-state index in [1.54, 1.807) is 7.11 Å². The monoisotopic (exact) mass is 372 g/mol. The number of hydrogen-bond donors (Lipinski definition) is 2. The number of methoxy groups -OCH3 is 1. The molecule has 1 atom stereocenters. The van der Waals surface area contributed by atoms with E-state index in [4.69, 9.17) is 9.26 Å². The lowest BCUT2D eigenvalue weighted by Crippen LogP contribution is -2.54. The Morgan fingerprint density at radius 1 is 1.32 bits per heavy atom. The van der Waals surface area contributed by atoms with Crippen molar-refractivity contribution in [2.75, 3.05) is 20.2 Å². The second-order valence-electron chi connectivity index (χ2n) is 6.97. The molecule has 142 valence electrons. The second kappa shape index (κ2) is 8.96. The standard InChI is InChI=1S/C17H28N4O3.ClH/c1-12(19-16(22)17(23-2)8-10-18-11-9-17)15-20-14(21-24-15)13-6-4-3-5-7-13;/h12-13,18H,3-11H2,1-2H3,(H,19,22);1H. The number of piperidine rings is 1. The molecule has 1 aliphatic carbocycles. The molecule has 0 radical (unpaired) electrons. The number of aromatic nitrogens is 2. The number of nitrogens with zero attached hydrogens (tertiary/aromatic N) is 2. The molecule has 1 amide bonds. The molecule has 1 aromatic heterocycles. The Balaban J connectivity index is 0.00000225. The minimum atomic E-state index is -0.758. The molecule has 1 unspecified atom stereocenters. The number of nitrogens with one attached hydrogen (secondary N) is 2. The van der Waals surface area contributed by atoms with Crippen LogP contribution in [0, 0.1) is 0 Å². The van der Waals surface area contributed by atoms with Crippen molar-refractivity contribution in [3.63, 3.8) is 0 Å². The molecule has 1 saturated carbocycles. The summed E-state index contributed by atoms with van der Waals surface area (Å²) in [4.78, 5) is 17.2. The maximum Gasteiger partial charge on any atom is 0.252 e. The molecule has 2 fully saturated rings. The molecule has 0 aromatic carbocycles. The van der Waals surface area contributed by atoms with Crippen LogP contribution in [-0.2, 0) is 9.53 Å². The first-order valence-electron chi connectivity index (χ1n) is 9.05. The minimum Gasteiger partial charge on any atom is -0.368 e. The van der Waals surface area contributed by atoms with E-state index in [1.165, 1.54) is 19.3 Å². The summed E-state index contributed by atoms with van der Waals surface area (Å²) >= 11 is 0. The Morgan fingerprint density at radius 3 is 2.64 bits per heavy atom. The number of carbonyl (C=O) groups is 1. The van der Waals surface area contributed by atoms with Crippen molar-refractivity contribution < 1.29 is 14.1 Å². The van der Waals surface area contributed by atoms with Gasteiger partial charge in [-0.25, -0.2) is 0 Å². The summed E-state index contributed by atoms with van der Waals surface area (Å²) in [5.41, 5.74) is -0.758. The first-order chi connectivity index (χ1) is 11.6. The summed E-state index contributed by atoms with van der Waals surface area (Å²) in [7, 11) is 1.60. The molecule has 1 aliphatic heterocycles. The van der Waals surface area contributed by atoms with Crippen molar-refractivity contribution in [2.24, 2.45) is 0 Å². The minimum absolute atomic E-state index is 0. The number of carbonyl (C=O) groups excluding carboxylic acids is 1. The van der Waals surface area contributed by atoms with Gasteiger partial charge in [0.25, 0.3) is 5.91 Å². The molecule has 2 heterocycles. The molecule has 0 bridgehead atoms. The molecule has 2 aliphatic rings. The van der Waals surface area contributed by atoms with Gasteiger partial charge in [0.05, 0.1) is 0 Å². The van der Waals surface area contributed by atoms with Crippen LogP contribution in [0.15, 0.2) is 4.52 Å². The van der Waals surface area contributed by atoms with Gasteiger partial charge in [0.1, 0.15) is 11.6 Å².